The largest absolute Gasteiger partial charge is 1.00 e. The van der Waals surface area contributed by atoms with E-state index in [2.05, 4.69) is 21.1 Å². The van der Waals surface area contributed by atoms with Gasteiger partial charge in [0, 0.05) is 31.6 Å². The number of halogens is 1. The van der Waals surface area contributed by atoms with Gasteiger partial charge in [-0.15, -0.1) is 0 Å². The molecule has 0 fully saturated rings. The van der Waals surface area contributed by atoms with E-state index >= 15 is 0 Å². The average molecular weight is 432 g/mol. The number of nitrogens with zero attached hydrogens (tertiary/aromatic N) is 1. The molecule has 158 valence electrons. The first-order chi connectivity index (χ1) is 11.8. The Morgan fingerprint density at radius 1 is 0.962 bits per heavy atom. The zero-order valence-electron chi connectivity index (χ0n) is 17.3. The summed E-state index contributed by atoms with van der Waals surface area (Å²) in [4.78, 5) is 11.7. The van der Waals surface area contributed by atoms with Crippen LogP contribution in [0.4, 0.5) is 0 Å². The van der Waals surface area contributed by atoms with Crippen LogP contribution in [-0.4, -0.2) is 84.9 Å². The molecule has 0 aliphatic carbocycles. The highest BCUT2D eigenvalue weighted by atomic mass is 35.5. The lowest BCUT2D eigenvalue weighted by atomic mass is 10.5. The molecule has 0 bridgehead atoms. The number of ether oxygens (including phenoxy) is 1. The highest BCUT2D eigenvalue weighted by Gasteiger charge is 2.39. The van der Waals surface area contributed by atoms with Gasteiger partial charge in [0.2, 0.25) is 0 Å². The van der Waals surface area contributed by atoms with Crippen molar-refractivity contribution in [3.05, 3.63) is 0 Å². The van der Waals surface area contributed by atoms with E-state index in [-0.39, 0.29) is 18.4 Å². The lowest BCUT2D eigenvalue weighted by Crippen LogP contribution is -3.00. The predicted octanol–water partition coefficient (Wildman–Crippen LogP) is -0.198. The van der Waals surface area contributed by atoms with Crippen LogP contribution in [0.2, 0.25) is 6.04 Å². The quantitative estimate of drug-likeness (QED) is 0.146. The Balaban J connectivity index is 0. The molecule has 0 amide bonds. The zero-order valence-corrected chi connectivity index (χ0v) is 19.9. The molecule has 0 saturated heterocycles. The summed E-state index contributed by atoms with van der Waals surface area (Å²) >= 11 is 1.77. The number of rotatable bonds is 16. The monoisotopic (exact) mass is 431 g/mol. The molecular formula is C17H38ClNO5SSi. The Bertz CT molecular complexity index is 342. The first-order valence-corrected chi connectivity index (χ1v) is 12.3. The van der Waals surface area contributed by atoms with Crippen LogP contribution in [0.3, 0.4) is 0 Å². The molecule has 0 radical (unpaired) electrons. The van der Waals surface area contributed by atoms with Crippen molar-refractivity contribution in [2.75, 3.05) is 65.6 Å². The molecule has 0 heterocycles. The van der Waals surface area contributed by atoms with Gasteiger partial charge in [-0.3, -0.25) is 4.79 Å². The van der Waals surface area contributed by atoms with E-state index in [9.17, 15) is 4.79 Å². The summed E-state index contributed by atoms with van der Waals surface area (Å²) in [6, 6.07) is 0.823. The van der Waals surface area contributed by atoms with Crippen molar-refractivity contribution in [2.24, 2.45) is 0 Å². The number of carbonyl (C=O) groups excluding carboxylic acids is 1. The smallest absolute Gasteiger partial charge is 0.500 e. The van der Waals surface area contributed by atoms with E-state index in [0.29, 0.717) is 32.8 Å². The van der Waals surface area contributed by atoms with Crippen LogP contribution >= 0.6 is 11.8 Å². The Morgan fingerprint density at radius 3 is 1.96 bits per heavy atom. The van der Waals surface area contributed by atoms with Crippen molar-refractivity contribution in [2.45, 2.75) is 39.7 Å². The Morgan fingerprint density at radius 2 is 1.50 bits per heavy atom. The van der Waals surface area contributed by atoms with Gasteiger partial charge in [-0.2, -0.15) is 11.8 Å². The maximum atomic E-state index is 11.7. The lowest BCUT2D eigenvalue weighted by molar-refractivity contribution is -0.870. The first kappa shape index (κ1) is 28.4. The molecule has 0 N–H and O–H groups in total. The SMILES string of the molecule is CCO[Si](CCCSCCC(=O)OCC[N+](C)(C)C)(OCC)OCC.[Cl-]. The molecule has 0 saturated carbocycles. The van der Waals surface area contributed by atoms with Crippen LogP contribution in [0.5, 0.6) is 0 Å². The average Bonchev–Trinajstić information content (AvgIpc) is 2.50. The number of hydrogen-bond acceptors (Lipinski definition) is 6. The maximum Gasteiger partial charge on any atom is 0.500 e. The normalized spacial score (nSPS) is 11.9. The van der Waals surface area contributed by atoms with Crippen LogP contribution in [0.15, 0.2) is 0 Å². The van der Waals surface area contributed by atoms with Crippen molar-refractivity contribution in [1.82, 2.24) is 0 Å². The van der Waals surface area contributed by atoms with Crippen molar-refractivity contribution in [3.63, 3.8) is 0 Å². The van der Waals surface area contributed by atoms with Gasteiger partial charge in [0.05, 0.1) is 27.6 Å². The van der Waals surface area contributed by atoms with Gasteiger partial charge >= 0.3 is 14.8 Å². The van der Waals surface area contributed by atoms with Crippen LogP contribution < -0.4 is 12.4 Å². The van der Waals surface area contributed by atoms with Crippen molar-refractivity contribution in [3.8, 4) is 0 Å². The van der Waals surface area contributed by atoms with Crippen LogP contribution in [-0.2, 0) is 22.8 Å². The number of quaternary nitrogens is 1. The molecule has 0 aliphatic heterocycles. The highest BCUT2D eigenvalue weighted by molar-refractivity contribution is 7.99. The molecule has 0 atom stereocenters. The Labute approximate surface area is 171 Å². The molecule has 0 rings (SSSR count). The summed E-state index contributed by atoms with van der Waals surface area (Å²) in [7, 11) is 3.73. The van der Waals surface area contributed by atoms with Gasteiger partial charge in [-0.25, -0.2) is 0 Å². The van der Waals surface area contributed by atoms with E-state index in [1.54, 1.807) is 11.8 Å². The second-order valence-electron chi connectivity index (χ2n) is 6.68. The molecular weight excluding hydrogens is 394 g/mol. The second kappa shape index (κ2) is 16.2. The topological polar surface area (TPSA) is 54.0 Å². The lowest BCUT2D eigenvalue weighted by Gasteiger charge is -2.28. The summed E-state index contributed by atoms with van der Waals surface area (Å²) in [6.45, 7) is 9.06. The first-order valence-electron chi connectivity index (χ1n) is 9.24. The van der Waals surface area contributed by atoms with Crippen molar-refractivity contribution >= 4 is 26.5 Å². The van der Waals surface area contributed by atoms with Crippen molar-refractivity contribution < 1.29 is 39.7 Å². The molecule has 9 heteroatoms. The minimum Gasteiger partial charge on any atom is -1.00 e. The van der Waals surface area contributed by atoms with Crippen LogP contribution in [0.1, 0.15) is 33.6 Å². The molecule has 26 heavy (non-hydrogen) atoms. The molecule has 0 spiro atoms. The number of esters is 1. The molecule has 0 aromatic heterocycles. The summed E-state index contributed by atoms with van der Waals surface area (Å²) < 4.78 is 23.6. The molecule has 6 nitrogen and oxygen atoms in total. The van der Waals surface area contributed by atoms with Gasteiger partial charge in [-0.1, -0.05) is 0 Å². The summed E-state index contributed by atoms with van der Waals surface area (Å²) in [5, 5.41) is 0. The zero-order chi connectivity index (χ0) is 19.2. The standard InChI is InChI=1S/C17H38NO5SSi.ClH/c1-7-21-25(22-8-2,23-9-3)16-10-14-24-15-11-17(19)20-13-12-18(4,5)6;/h7-16H2,1-6H3;1H/q+1;/p-1. The predicted molar refractivity (Wildman–Crippen MR) is 106 cm³/mol. The Hall–Kier alpha value is 0.167. The molecule has 0 aromatic carbocycles. The summed E-state index contributed by atoms with van der Waals surface area (Å²) in [6.07, 6.45) is 1.43. The van der Waals surface area contributed by atoms with E-state index in [4.69, 9.17) is 18.0 Å². The van der Waals surface area contributed by atoms with E-state index < -0.39 is 8.80 Å². The molecule has 0 aromatic rings. The summed E-state index contributed by atoms with van der Waals surface area (Å²) in [5.41, 5.74) is 0. The third-order valence-corrected chi connectivity index (χ3v) is 7.56. The van der Waals surface area contributed by atoms with Gasteiger partial charge in [0.25, 0.3) is 0 Å². The maximum absolute atomic E-state index is 11.7. The number of hydrogen-bond donors (Lipinski definition) is 0. The minimum atomic E-state index is -2.52. The van der Waals surface area contributed by atoms with Gasteiger partial charge < -0.3 is 34.9 Å². The number of thioether (sulfide) groups is 1. The fraction of sp³-hybridized carbons (Fsp3) is 0.941. The molecule has 0 unspecified atom stereocenters. The highest BCUT2D eigenvalue weighted by Crippen LogP contribution is 2.20. The number of carbonyl (C=O) groups is 1. The van der Waals surface area contributed by atoms with Gasteiger partial charge in [-0.05, 0) is 32.9 Å². The molecule has 0 aliphatic rings. The van der Waals surface area contributed by atoms with Crippen molar-refractivity contribution in [1.29, 1.82) is 0 Å². The summed E-state index contributed by atoms with van der Waals surface area (Å²) in [5.74, 6) is 1.65. The van der Waals surface area contributed by atoms with E-state index in [0.717, 1.165) is 35.0 Å². The van der Waals surface area contributed by atoms with Gasteiger partial charge in [0.1, 0.15) is 13.2 Å². The number of likely N-dealkylation sites (N-methyl/N-ethyl adjacent to an activating group) is 1. The van der Waals surface area contributed by atoms with E-state index in [1.165, 1.54) is 0 Å². The van der Waals surface area contributed by atoms with Gasteiger partial charge in [0.15, 0.2) is 0 Å². The van der Waals surface area contributed by atoms with E-state index in [1.807, 2.05) is 20.8 Å². The van der Waals surface area contributed by atoms with Crippen LogP contribution in [0, 0.1) is 0 Å². The third kappa shape index (κ3) is 15.2. The second-order valence-corrected chi connectivity index (χ2v) is 10.6. The Kier molecular flexibility index (Phi) is 17.6. The third-order valence-electron chi connectivity index (χ3n) is 3.34. The minimum absolute atomic E-state index is 0. The fourth-order valence-electron chi connectivity index (χ4n) is 2.16. The fourth-order valence-corrected chi connectivity index (χ4v) is 5.89. The van der Waals surface area contributed by atoms with Crippen LogP contribution in [0.25, 0.3) is 0 Å².